The summed E-state index contributed by atoms with van der Waals surface area (Å²) < 4.78 is 51.0. The number of nitrogen functional groups attached to an aromatic ring is 1. The number of halogens is 2. The molecule has 0 aliphatic rings. The molecule has 0 heterocycles. The van der Waals surface area contributed by atoms with E-state index in [9.17, 15) is 17.2 Å². The van der Waals surface area contributed by atoms with Crippen molar-refractivity contribution in [2.75, 3.05) is 31.2 Å². The van der Waals surface area contributed by atoms with E-state index in [0.717, 1.165) is 6.07 Å². The third-order valence-electron chi connectivity index (χ3n) is 2.37. The number of hydrogen-bond donors (Lipinski definition) is 4. The average molecular weight is 295 g/mol. The molecular formula is C10H15F2N3O3S. The van der Waals surface area contributed by atoms with Gasteiger partial charge in [0.1, 0.15) is 6.61 Å². The summed E-state index contributed by atoms with van der Waals surface area (Å²) in [5, 5.41) is 10.7. The fourth-order valence-electron chi connectivity index (χ4n) is 1.25. The number of hydrogen-bond acceptors (Lipinski definition) is 5. The predicted octanol–water partition coefficient (Wildman–Crippen LogP) is 0.216. The van der Waals surface area contributed by atoms with E-state index in [-0.39, 0.29) is 16.3 Å². The number of anilines is 2. The zero-order chi connectivity index (χ0) is 14.7. The van der Waals surface area contributed by atoms with Crippen molar-refractivity contribution in [3.63, 3.8) is 0 Å². The largest absolute Gasteiger partial charge is 0.397 e. The molecule has 1 rings (SSSR count). The Morgan fingerprint density at radius 2 is 2.05 bits per heavy atom. The standard InChI is InChI=1S/C10H15F2N3O3S/c1-14-19(17,18)7-2-3-8(13)9(4-7)15-5-10(11,12)6-16/h2-4,14-16H,5-6,13H2,1H3. The van der Waals surface area contributed by atoms with Crippen LogP contribution in [0.1, 0.15) is 0 Å². The van der Waals surface area contributed by atoms with Crippen molar-refractivity contribution < 1.29 is 22.3 Å². The molecule has 0 aromatic heterocycles. The highest BCUT2D eigenvalue weighted by atomic mass is 32.2. The average Bonchev–Trinajstić information content (AvgIpc) is 2.37. The highest BCUT2D eigenvalue weighted by molar-refractivity contribution is 7.89. The Kier molecular flexibility index (Phi) is 4.66. The maximum Gasteiger partial charge on any atom is 0.287 e. The lowest BCUT2D eigenvalue weighted by molar-refractivity contribution is -0.0372. The Bertz CT molecular complexity index is 549. The molecule has 1 aromatic carbocycles. The van der Waals surface area contributed by atoms with Crippen molar-refractivity contribution in [2.45, 2.75) is 10.8 Å². The van der Waals surface area contributed by atoms with Crippen LogP contribution in [0, 0.1) is 0 Å². The molecule has 0 saturated heterocycles. The SMILES string of the molecule is CNS(=O)(=O)c1ccc(N)c(NCC(F)(F)CO)c1. The monoisotopic (exact) mass is 295 g/mol. The van der Waals surface area contributed by atoms with Crippen molar-refractivity contribution in [1.29, 1.82) is 0 Å². The summed E-state index contributed by atoms with van der Waals surface area (Å²) in [5.41, 5.74) is 5.75. The summed E-state index contributed by atoms with van der Waals surface area (Å²) in [6.45, 7) is -2.16. The molecule has 0 spiro atoms. The smallest absolute Gasteiger partial charge is 0.287 e. The first-order valence-corrected chi connectivity index (χ1v) is 6.76. The van der Waals surface area contributed by atoms with Gasteiger partial charge in [-0.3, -0.25) is 0 Å². The summed E-state index contributed by atoms with van der Waals surface area (Å²) in [4.78, 5) is -0.0981. The van der Waals surface area contributed by atoms with Gasteiger partial charge in [-0.1, -0.05) is 0 Å². The van der Waals surface area contributed by atoms with Crippen LogP contribution in [-0.4, -0.2) is 39.6 Å². The maximum atomic E-state index is 12.9. The predicted molar refractivity (Wildman–Crippen MR) is 67.6 cm³/mol. The number of sulfonamides is 1. The van der Waals surface area contributed by atoms with Crippen molar-refractivity contribution in [1.82, 2.24) is 4.72 Å². The number of alkyl halides is 2. The third kappa shape index (κ3) is 4.01. The van der Waals surface area contributed by atoms with Crippen molar-refractivity contribution in [3.05, 3.63) is 18.2 Å². The Morgan fingerprint density at radius 1 is 1.42 bits per heavy atom. The minimum Gasteiger partial charge on any atom is -0.397 e. The van der Waals surface area contributed by atoms with Gasteiger partial charge in [-0.2, -0.15) is 0 Å². The first kappa shape index (κ1) is 15.6. The van der Waals surface area contributed by atoms with E-state index in [1.165, 1.54) is 19.2 Å². The van der Waals surface area contributed by atoms with E-state index in [1.807, 2.05) is 0 Å². The molecule has 0 aliphatic carbocycles. The van der Waals surface area contributed by atoms with Gasteiger partial charge in [-0.15, -0.1) is 0 Å². The fourth-order valence-corrected chi connectivity index (χ4v) is 2.01. The van der Waals surface area contributed by atoms with Crippen LogP contribution >= 0.6 is 0 Å². The second kappa shape index (κ2) is 5.68. The lowest BCUT2D eigenvalue weighted by Gasteiger charge is -2.16. The Hall–Kier alpha value is -1.45. The Balaban J connectivity index is 2.99. The first-order chi connectivity index (χ1) is 8.72. The number of nitrogens with one attached hydrogen (secondary N) is 2. The topological polar surface area (TPSA) is 104 Å². The van der Waals surface area contributed by atoms with Crippen LogP contribution in [-0.2, 0) is 10.0 Å². The molecule has 0 saturated carbocycles. The van der Waals surface area contributed by atoms with Crippen LogP contribution in [0.15, 0.2) is 23.1 Å². The van der Waals surface area contributed by atoms with E-state index < -0.39 is 29.1 Å². The molecule has 0 amide bonds. The zero-order valence-corrected chi connectivity index (χ0v) is 11.0. The third-order valence-corrected chi connectivity index (χ3v) is 3.78. The Morgan fingerprint density at radius 3 is 2.58 bits per heavy atom. The van der Waals surface area contributed by atoms with Crippen molar-refractivity contribution in [2.24, 2.45) is 0 Å². The van der Waals surface area contributed by atoms with Gasteiger partial charge in [-0.25, -0.2) is 21.9 Å². The first-order valence-electron chi connectivity index (χ1n) is 5.27. The van der Waals surface area contributed by atoms with E-state index in [2.05, 4.69) is 10.0 Å². The van der Waals surface area contributed by atoms with Gasteiger partial charge in [0.25, 0.3) is 5.92 Å². The summed E-state index contributed by atoms with van der Waals surface area (Å²) in [6.07, 6.45) is 0. The lowest BCUT2D eigenvalue weighted by Crippen LogP contribution is -2.31. The van der Waals surface area contributed by atoms with E-state index in [1.54, 1.807) is 0 Å². The van der Waals surface area contributed by atoms with E-state index >= 15 is 0 Å². The van der Waals surface area contributed by atoms with Gasteiger partial charge < -0.3 is 16.2 Å². The van der Waals surface area contributed by atoms with Crippen molar-refractivity contribution in [3.8, 4) is 0 Å². The molecule has 5 N–H and O–H groups in total. The number of rotatable bonds is 6. The molecule has 9 heteroatoms. The maximum absolute atomic E-state index is 12.9. The van der Waals surface area contributed by atoms with Crippen LogP contribution in [0.25, 0.3) is 0 Å². The normalized spacial score (nSPS) is 12.4. The zero-order valence-electron chi connectivity index (χ0n) is 10.2. The fraction of sp³-hybridized carbons (Fsp3) is 0.400. The second-order valence-electron chi connectivity index (χ2n) is 3.82. The van der Waals surface area contributed by atoms with Crippen LogP contribution in [0.3, 0.4) is 0 Å². The van der Waals surface area contributed by atoms with Gasteiger partial charge >= 0.3 is 0 Å². The van der Waals surface area contributed by atoms with E-state index in [0.29, 0.717) is 0 Å². The quantitative estimate of drug-likeness (QED) is 0.562. The highest BCUT2D eigenvalue weighted by Gasteiger charge is 2.27. The molecule has 6 nitrogen and oxygen atoms in total. The van der Waals surface area contributed by atoms with Crippen LogP contribution in [0.4, 0.5) is 20.2 Å². The van der Waals surface area contributed by atoms with Crippen LogP contribution < -0.4 is 15.8 Å². The molecule has 108 valence electrons. The van der Waals surface area contributed by atoms with Crippen molar-refractivity contribution >= 4 is 21.4 Å². The van der Waals surface area contributed by atoms with Crippen LogP contribution in [0.5, 0.6) is 0 Å². The molecule has 0 fully saturated rings. The number of aliphatic hydroxyl groups is 1. The van der Waals surface area contributed by atoms with Gasteiger partial charge in [0.05, 0.1) is 22.8 Å². The molecule has 19 heavy (non-hydrogen) atoms. The molecule has 0 bridgehead atoms. The van der Waals surface area contributed by atoms with Gasteiger partial charge in [-0.05, 0) is 25.2 Å². The molecule has 0 aliphatic heterocycles. The Labute approximate surface area is 109 Å². The van der Waals surface area contributed by atoms with Gasteiger partial charge in [0.15, 0.2) is 0 Å². The minimum atomic E-state index is -3.68. The lowest BCUT2D eigenvalue weighted by atomic mass is 10.2. The molecule has 1 aromatic rings. The molecule has 0 unspecified atom stereocenters. The summed E-state index contributed by atoms with van der Waals surface area (Å²) in [5.74, 6) is -3.32. The summed E-state index contributed by atoms with van der Waals surface area (Å²) >= 11 is 0. The minimum absolute atomic E-state index is 0.0597. The summed E-state index contributed by atoms with van der Waals surface area (Å²) in [7, 11) is -2.44. The summed E-state index contributed by atoms with van der Waals surface area (Å²) in [6, 6.07) is 3.70. The van der Waals surface area contributed by atoms with Gasteiger partial charge in [0.2, 0.25) is 10.0 Å². The highest BCUT2D eigenvalue weighted by Crippen LogP contribution is 2.24. The number of aliphatic hydroxyl groups excluding tert-OH is 1. The van der Waals surface area contributed by atoms with E-state index in [4.69, 9.17) is 10.8 Å². The van der Waals surface area contributed by atoms with Crippen LogP contribution in [0.2, 0.25) is 0 Å². The molecule has 0 atom stereocenters. The second-order valence-corrected chi connectivity index (χ2v) is 5.71. The van der Waals surface area contributed by atoms with Gasteiger partial charge in [0, 0.05) is 0 Å². The molecule has 0 radical (unpaired) electrons. The number of benzene rings is 1. The molecular weight excluding hydrogens is 280 g/mol. The number of nitrogens with two attached hydrogens (primary N) is 1.